The third-order valence-electron chi connectivity index (χ3n) is 4.76. The number of guanidine groups is 1. The van der Waals surface area contributed by atoms with Crippen LogP contribution in [0, 0.1) is 0 Å². The number of aromatic nitrogens is 4. The number of piperazine rings is 1. The number of rotatable bonds is 7. The van der Waals surface area contributed by atoms with Crippen LogP contribution in [0.25, 0.3) is 0 Å². The Bertz CT molecular complexity index is 797. The van der Waals surface area contributed by atoms with Gasteiger partial charge in [0.1, 0.15) is 24.5 Å². The average Bonchev–Trinajstić information content (AvgIpc) is 3.17. The molecular formula is C19H29N9O. The number of hydrogen-bond acceptors (Lipinski definition) is 6. The summed E-state index contributed by atoms with van der Waals surface area (Å²) < 4.78 is 1.70. The first-order valence-corrected chi connectivity index (χ1v) is 9.96. The Kier molecular flexibility index (Phi) is 7.37. The van der Waals surface area contributed by atoms with E-state index in [-0.39, 0.29) is 5.91 Å². The maximum absolute atomic E-state index is 12.5. The molecule has 0 spiro atoms. The van der Waals surface area contributed by atoms with Gasteiger partial charge in [-0.15, -0.1) is 0 Å². The number of pyridine rings is 1. The van der Waals surface area contributed by atoms with Crippen molar-refractivity contribution in [1.29, 1.82) is 0 Å². The molecule has 1 aliphatic rings. The monoisotopic (exact) mass is 399 g/mol. The zero-order chi connectivity index (χ0) is 20.5. The van der Waals surface area contributed by atoms with Crippen LogP contribution in [0.1, 0.15) is 19.2 Å². The van der Waals surface area contributed by atoms with Crippen LogP contribution in [0.4, 0.5) is 5.82 Å². The molecule has 156 valence electrons. The molecule has 1 fully saturated rings. The molecule has 0 atom stereocenters. The molecule has 0 bridgehead atoms. The van der Waals surface area contributed by atoms with Gasteiger partial charge in [0.05, 0.1) is 0 Å². The first-order valence-electron chi connectivity index (χ1n) is 9.96. The minimum atomic E-state index is 0.155. The van der Waals surface area contributed by atoms with E-state index in [9.17, 15) is 4.79 Å². The zero-order valence-corrected chi connectivity index (χ0v) is 17.1. The third-order valence-corrected chi connectivity index (χ3v) is 4.76. The highest BCUT2D eigenvalue weighted by molar-refractivity contribution is 5.81. The van der Waals surface area contributed by atoms with Gasteiger partial charge in [-0.05, 0) is 19.1 Å². The number of carbonyl (C=O) groups is 1. The largest absolute Gasteiger partial charge is 0.357 e. The SMILES string of the molecule is CCNC(=NCc1ncnn1C)NCCC(=O)N1CCN(c2ccccn2)CC1. The Hall–Kier alpha value is -3.17. The highest BCUT2D eigenvalue weighted by atomic mass is 16.2. The second-order valence-electron chi connectivity index (χ2n) is 6.73. The summed E-state index contributed by atoms with van der Waals surface area (Å²) in [6.45, 7) is 6.75. The van der Waals surface area contributed by atoms with Gasteiger partial charge < -0.3 is 20.4 Å². The molecule has 0 aliphatic carbocycles. The smallest absolute Gasteiger partial charge is 0.224 e. The van der Waals surface area contributed by atoms with Gasteiger partial charge in [-0.25, -0.2) is 15.0 Å². The topological polar surface area (TPSA) is 104 Å². The van der Waals surface area contributed by atoms with Gasteiger partial charge in [0.2, 0.25) is 5.91 Å². The lowest BCUT2D eigenvalue weighted by Crippen LogP contribution is -2.49. The Morgan fingerprint density at radius 1 is 1.17 bits per heavy atom. The molecule has 1 saturated heterocycles. The summed E-state index contributed by atoms with van der Waals surface area (Å²) >= 11 is 0. The minimum Gasteiger partial charge on any atom is -0.357 e. The number of carbonyl (C=O) groups excluding carboxylic acids is 1. The number of amides is 1. The normalized spacial score (nSPS) is 14.8. The first-order chi connectivity index (χ1) is 14.2. The van der Waals surface area contributed by atoms with Gasteiger partial charge >= 0.3 is 0 Å². The molecule has 2 aromatic heterocycles. The number of aryl methyl sites for hydroxylation is 1. The maximum Gasteiger partial charge on any atom is 0.224 e. The van der Waals surface area contributed by atoms with Crippen LogP contribution in [0.2, 0.25) is 0 Å². The van der Waals surface area contributed by atoms with E-state index in [4.69, 9.17) is 0 Å². The predicted octanol–water partition coefficient (Wildman–Crippen LogP) is 0.00410. The van der Waals surface area contributed by atoms with Crippen molar-refractivity contribution >= 4 is 17.7 Å². The molecule has 10 nitrogen and oxygen atoms in total. The minimum absolute atomic E-state index is 0.155. The van der Waals surface area contributed by atoms with Gasteiger partial charge in [-0.2, -0.15) is 5.10 Å². The van der Waals surface area contributed by atoms with Crippen molar-refractivity contribution in [2.75, 3.05) is 44.2 Å². The third kappa shape index (κ3) is 5.90. The van der Waals surface area contributed by atoms with Crippen molar-refractivity contribution in [3.05, 3.63) is 36.5 Å². The fourth-order valence-corrected chi connectivity index (χ4v) is 3.13. The molecule has 29 heavy (non-hydrogen) atoms. The van der Waals surface area contributed by atoms with E-state index in [1.54, 1.807) is 10.9 Å². The Morgan fingerprint density at radius 2 is 2.00 bits per heavy atom. The molecular weight excluding hydrogens is 370 g/mol. The average molecular weight is 400 g/mol. The number of nitrogens with one attached hydrogen (secondary N) is 2. The molecule has 0 saturated carbocycles. The van der Waals surface area contributed by atoms with E-state index in [0.29, 0.717) is 25.5 Å². The number of aliphatic imine (C=N–C) groups is 1. The lowest BCUT2D eigenvalue weighted by atomic mass is 10.2. The molecule has 3 rings (SSSR count). The summed E-state index contributed by atoms with van der Waals surface area (Å²) in [4.78, 5) is 29.7. The van der Waals surface area contributed by atoms with Crippen LogP contribution in [0.5, 0.6) is 0 Å². The van der Waals surface area contributed by atoms with Crippen LogP contribution in [0.15, 0.2) is 35.7 Å². The zero-order valence-electron chi connectivity index (χ0n) is 17.1. The fourth-order valence-electron chi connectivity index (χ4n) is 3.13. The van der Waals surface area contributed by atoms with Crippen LogP contribution >= 0.6 is 0 Å². The summed E-state index contributed by atoms with van der Waals surface area (Å²) in [5.74, 6) is 2.57. The number of anilines is 1. The van der Waals surface area contributed by atoms with Crippen molar-refractivity contribution in [1.82, 2.24) is 35.3 Å². The van der Waals surface area contributed by atoms with E-state index in [1.165, 1.54) is 6.33 Å². The van der Waals surface area contributed by atoms with Crippen LogP contribution in [0.3, 0.4) is 0 Å². The summed E-state index contributed by atoms with van der Waals surface area (Å²) in [5.41, 5.74) is 0. The molecule has 10 heteroatoms. The van der Waals surface area contributed by atoms with Crippen LogP contribution < -0.4 is 15.5 Å². The summed E-state index contributed by atoms with van der Waals surface area (Å²) in [6, 6.07) is 5.90. The standard InChI is InChI=1S/C19H29N9O/c1-3-20-19(23-14-17-24-15-25-26(17)2)22-9-7-18(29)28-12-10-27(11-13-28)16-6-4-5-8-21-16/h4-6,8,15H,3,7,9-14H2,1-2H3,(H2,20,22,23). The molecule has 1 aliphatic heterocycles. The quantitative estimate of drug-likeness (QED) is 0.499. The van der Waals surface area contributed by atoms with Gasteiger partial charge in [-0.1, -0.05) is 6.07 Å². The molecule has 3 heterocycles. The first kappa shape index (κ1) is 20.6. The van der Waals surface area contributed by atoms with E-state index in [2.05, 4.69) is 35.6 Å². The van der Waals surface area contributed by atoms with Crippen molar-refractivity contribution in [3.8, 4) is 0 Å². The summed E-state index contributed by atoms with van der Waals surface area (Å²) in [7, 11) is 1.84. The Morgan fingerprint density at radius 3 is 2.66 bits per heavy atom. The van der Waals surface area contributed by atoms with Crippen molar-refractivity contribution in [2.45, 2.75) is 19.9 Å². The van der Waals surface area contributed by atoms with E-state index >= 15 is 0 Å². The molecule has 1 amide bonds. The lowest BCUT2D eigenvalue weighted by molar-refractivity contribution is -0.131. The fraction of sp³-hybridized carbons (Fsp3) is 0.526. The Balaban J connectivity index is 1.42. The lowest BCUT2D eigenvalue weighted by Gasteiger charge is -2.35. The van der Waals surface area contributed by atoms with Gasteiger partial charge in [0.15, 0.2) is 5.96 Å². The highest BCUT2D eigenvalue weighted by Gasteiger charge is 2.21. The van der Waals surface area contributed by atoms with E-state index in [0.717, 1.165) is 44.4 Å². The molecule has 2 aromatic rings. The van der Waals surface area contributed by atoms with Gasteiger partial charge in [-0.3, -0.25) is 9.48 Å². The van der Waals surface area contributed by atoms with Crippen LogP contribution in [-0.2, 0) is 18.4 Å². The molecule has 2 N–H and O–H groups in total. The van der Waals surface area contributed by atoms with Crippen LogP contribution in [-0.4, -0.2) is 75.8 Å². The summed E-state index contributed by atoms with van der Waals surface area (Å²) in [6.07, 6.45) is 3.74. The predicted molar refractivity (Wildman–Crippen MR) is 111 cm³/mol. The summed E-state index contributed by atoms with van der Waals surface area (Å²) in [5, 5.41) is 10.4. The highest BCUT2D eigenvalue weighted by Crippen LogP contribution is 2.12. The van der Waals surface area contributed by atoms with Crippen molar-refractivity contribution in [3.63, 3.8) is 0 Å². The van der Waals surface area contributed by atoms with Crippen molar-refractivity contribution < 1.29 is 4.79 Å². The van der Waals surface area contributed by atoms with E-state index in [1.807, 2.05) is 37.1 Å². The van der Waals surface area contributed by atoms with E-state index < -0.39 is 0 Å². The molecule has 0 unspecified atom stereocenters. The van der Waals surface area contributed by atoms with Gasteiger partial charge in [0.25, 0.3) is 0 Å². The second kappa shape index (κ2) is 10.4. The Labute approximate surface area is 171 Å². The number of nitrogens with zero attached hydrogens (tertiary/aromatic N) is 7. The maximum atomic E-state index is 12.5. The molecule has 0 radical (unpaired) electrons. The second-order valence-corrected chi connectivity index (χ2v) is 6.73. The van der Waals surface area contributed by atoms with Gasteiger partial charge in [0, 0.05) is 58.9 Å². The number of hydrogen-bond donors (Lipinski definition) is 2. The van der Waals surface area contributed by atoms with Crippen molar-refractivity contribution in [2.24, 2.45) is 12.0 Å². The molecule has 0 aromatic carbocycles.